The number of halogens is 1. The van der Waals surface area contributed by atoms with E-state index in [0.29, 0.717) is 16.3 Å². The standard InChI is InChI=1S/C19H18ClNO5S/c1-2-25-19(24)21-17(22)11-26-18(23)14-5-3-4-13(10-14)12-27-16-8-6-15(20)7-9-16/h3-10H,2,11-12H2,1H3,(H,21,22,24). The smallest absolute Gasteiger partial charge is 0.413 e. The summed E-state index contributed by atoms with van der Waals surface area (Å²) in [6, 6.07) is 14.4. The summed E-state index contributed by atoms with van der Waals surface area (Å²) in [4.78, 5) is 35.8. The molecule has 0 aliphatic heterocycles. The van der Waals surface area contributed by atoms with E-state index in [9.17, 15) is 14.4 Å². The topological polar surface area (TPSA) is 81.7 Å². The minimum Gasteiger partial charge on any atom is -0.452 e. The Bertz CT molecular complexity index is 810. The lowest BCUT2D eigenvalue weighted by Crippen LogP contribution is -2.34. The van der Waals surface area contributed by atoms with Gasteiger partial charge >= 0.3 is 12.1 Å². The van der Waals surface area contributed by atoms with Crippen LogP contribution in [0.2, 0.25) is 5.02 Å². The second-order valence-electron chi connectivity index (χ2n) is 5.29. The van der Waals surface area contributed by atoms with Crippen molar-refractivity contribution in [3.05, 3.63) is 64.7 Å². The first kappa shape index (κ1) is 20.8. The van der Waals surface area contributed by atoms with Crippen LogP contribution < -0.4 is 5.32 Å². The van der Waals surface area contributed by atoms with Gasteiger partial charge in [-0.3, -0.25) is 10.1 Å². The molecule has 2 rings (SSSR count). The largest absolute Gasteiger partial charge is 0.452 e. The summed E-state index contributed by atoms with van der Waals surface area (Å²) in [5.41, 5.74) is 1.26. The van der Waals surface area contributed by atoms with Crippen LogP contribution >= 0.6 is 23.4 Å². The van der Waals surface area contributed by atoms with Crippen molar-refractivity contribution in [3.8, 4) is 0 Å². The Morgan fingerprint density at radius 3 is 2.52 bits per heavy atom. The molecule has 0 aromatic heterocycles. The van der Waals surface area contributed by atoms with Gasteiger partial charge in [0.05, 0.1) is 12.2 Å². The van der Waals surface area contributed by atoms with Crippen molar-refractivity contribution in [3.63, 3.8) is 0 Å². The Kier molecular flexibility index (Phi) is 8.16. The van der Waals surface area contributed by atoms with Crippen molar-refractivity contribution >= 4 is 41.3 Å². The van der Waals surface area contributed by atoms with E-state index in [1.54, 1.807) is 36.9 Å². The SMILES string of the molecule is CCOC(=O)NC(=O)COC(=O)c1cccc(CSc2ccc(Cl)cc2)c1. The molecule has 2 aromatic rings. The Morgan fingerprint density at radius 2 is 1.81 bits per heavy atom. The summed E-state index contributed by atoms with van der Waals surface area (Å²) in [7, 11) is 0. The van der Waals surface area contributed by atoms with Crippen molar-refractivity contribution in [2.75, 3.05) is 13.2 Å². The number of carbonyl (C=O) groups excluding carboxylic acids is 3. The van der Waals surface area contributed by atoms with Gasteiger partial charge in [0.25, 0.3) is 5.91 Å². The molecular formula is C19H18ClNO5S. The summed E-state index contributed by atoms with van der Waals surface area (Å²) in [6.07, 6.45) is -0.875. The number of ether oxygens (including phenoxy) is 2. The lowest BCUT2D eigenvalue weighted by Gasteiger charge is -2.07. The molecule has 2 amide bonds. The van der Waals surface area contributed by atoms with E-state index < -0.39 is 24.6 Å². The minimum absolute atomic E-state index is 0.139. The number of benzene rings is 2. The number of imide groups is 1. The fourth-order valence-corrected chi connectivity index (χ4v) is 2.98. The lowest BCUT2D eigenvalue weighted by atomic mass is 10.1. The molecular weight excluding hydrogens is 390 g/mol. The van der Waals surface area contributed by atoms with E-state index in [-0.39, 0.29) is 6.61 Å². The first-order valence-electron chi connectivity index (χ1n) is 8.09. The molecule has 0 bridgehead atoms. The number of carbonyl (C=O) groups is 3. The molecule has 27 heavy (non-hydrogen) atoms. The van der Waals surface area contributed by atoms with Gasteiger partial charge in [0, 0.05) is 15.7 Å². The average Bonchev–Trinajstić information content (AvgIpc) is 2.66. The highest BCUT2D eigenvalue weighted by atomic mass is 35.5. The van der Waals surface area contributed by atoms with Crippen LogP contribution in [0.15, 0.2) is 53.4 Å². The maximum absolute atomic E-state index is 12.1. The number of esters is 1. The van der Waals surface area contributed by atoms with Crippen LogP contribution in [0.5, 0.6) is 0 Å². The molecule has 8 heteroatoms. The maximum Gasteiger partial charge on any atom is 0.413 e. The third kappa shape index (κ3) is 7.32. The van der Waals surface area contributed by atoms with Gasteiger partial charge in [-0.1, -0.05) is 23.7 Å². The van der Waals surface area contributed by atoms with E-state index >= 15 is 0 Å². The molecule has 0 atom stereocenters. The quantitative estimate of drug-likeness (QED) is 0.550. The second kappa shape index (κ2) is 10.6. The Labute approximate surface area is 166 Å². The molecule has 6 nitrogen and oxygen atoms in total. The van der Waals surface area contributed by atoms with Gasteiger partial charge in [0.2, 0.25) is 0 Å². The number of amides is 2. The summed E-state index contributed by atoms with van der Waals surface area (Å²) < 4.78 is 9.49. The van der Waals surface area contributed by atoms with Crippen molar-refractivity contribution in [2.24, 2.45) is 0 Å². The average molecular weight is 408 g/mol. The zero-order chi connectivity index (χ0) is 19.6. The molecule has 0 spiro atoms. The van der Waals surface area contributed by atoms with Crippen LogP contribution in [0.1, 0.15) is 22.8 Å². The number of rotatable bonds is 7. The van der Waals surface area contributed by atoms with Crippen LogP contribution in [0.4, 0.5) is 4.79 Å². The second-order valence-corrected chi connectivity index (χ2v) is 6.77. The lowest BCUT2D eigenvalue weighted by molar-refractivity contribution is -0.123. The van der Waals surface area contributed by atoms with Crippen molar-refractivity contribution in [2.45, 2.75) is 17.6 Å². The van der Waals surface area contributed by atoms with Crippen LogP contribution in [0.25, 0.3) is 0 Å². The van der Waals surface area contributed by atoms with Gasteiger partial charge in [0.15, 0.2) is 6.61 Å². The highest BCUT2D eigenvalue weighted by molar-refractivity contribution is 7.98. The molecule has 0 saturated heterocycles. The molecule has 0 aliphatic rings. The van der Waals surface area contributed by atoms with Crippen molar-refractivity contribution in [1.29, 1.82) is 0 Å². The zero-order valence-corrected chi connectivity index (χ0v) is 16.1. The first-order valence-corrected chi connectivity index (χ1v) is 9.45. The van der Waals surface area contributed by atoms with Crippen LogP contribution in [0.3, 0.4) is 0 Å². The van der Waals surface area contributed by atoms with Crippen LogP contribution in [-0.4, -0.2) is 31.2 Å². The minimum atomic E-state index is -0.875. The highest BCUT2D eigenvalue weighted by Gasteiger charge is 2.13. The van der Waals surface area contributed by atoms with Crippen LogP contribution in [-0.2, 0) is 20.0 Å². The predicted octanol–water partition coefficient (Wildman–Crippen LogP) is 4.06. The number of hydrogen-bond acceptors (Lipinski definition) is 6. The molecule has 1 N–H and O–H groups in total. The van der Waals surface area contributed by atoms with E-state index in [2.05, 4.69) is 4.74 Å². The maximum atomic E-state index is 12.1. The molecule has 0 radical (unpaired) electrons. The fourth-order valence-electron chi connectivity index (χ4n) is 2.02. The third-order valence-corrected chi connectivity index (χ3v) is 4.57. The summed E-state index contributed by atoms with van der Waals surface area (Å²) in [5.74, 6) is -0.741. The summed E-state index contributed by atoms with van der Waals surface area (Å²) >= 11 is 7.47. The van der Waals surface area contributed by atoms with Gasteiger partial charge in [-0.05, 0) is 48.9 Å². The molecule has 2 aromatic carbocycles. The summed E-state index contributed by atoms with van der Waals surface area (Å²) in [5, 5.41) is 2.63. The van der Waals surface area contributed by atoms with E-state index in [1.807, 2.05) is 35.6 Å². The monoisotopic (exact) mass is 407 g/mol. The Hall–Kier alpha value is -2.51. The number of thioether (sulfide) groups is 1. The predicted molar refractivity (Wildman–Crippen MR) is 103 cm³/mol. The van der Waals surface area contributed by atoms with Crippen molar-refractivity contribution < 1.29 is 23.9 Å². The third-order valence-electron chi connectivity index (χ3n) is 3.23. The molecule has 142 valence electrons. The van der Waals surface area contributed by atoms with Crippen molar-refractivity contribution in [1.82, 2.24) is 5.32 Å². The Morgan fingerprint density at radius 1 is 1.07 bits per heavy atom. The van der Waals surface area contributed by atoms with Gasteiger partial charge in [-0.2, -0.15) is 0 Å². The fraction of sp³-hybridized carbons (Fsp3) is 0.211. The summed E-state index contributed by atoms with van der Waals surface area (Å²) in [6.45, 7) is 1.18. The van der Waals surface area contributed by atoms with Gasteiger partial charge in [-0.25, -0.2) is 9.59 Å². The highest BCUT2D eigenvalue weighted by Crippen LogP contribution is 2.24. The zero-order valence-electron chi connectivity index (χ0n) is 14.6. The number of nitrogens with one attached hydrogen (secondary N) is 1. The number of hydrogen-bond donors (Lipinski definition) is 1. The van der Waals surface area contributed by atoms with Gasteiger partial charge < -0.3 is 9.47 Å². The number of alkyl carbamates (subject to hydrolysis) is 1. The normalized spacial score (nSPS) is 10.1. The molecule has 0 aliphatic carbocycles. The molecule has 0 heterocycles. The molecule has 0 fully saturated rings. The van der Waals surface area contributed by atoms with E-state index in [4.69, 9.17) is 16.3 Å². The van der Waals surface area contributed by atoms with E-state index in [1.165, 1.54) is 0 Å². The van der Waals surface area contributed by atoms with Gasteiger partial charge in [0.1, 0.15) is 0 Å². The Balaban J connectivity index is 1.86. The molecule has 0 saturated carbocycles. The van der Waals surface area contributed by atoms with Gasteiger partial charge in [-0.15, -0.1) is 11.8 Å². The van der Waals surface area contributed by atoms with E-state index in [0.717, 1.165) is 10.5 Å². The molecule has 0 unspecified atom stereocenters. The van der Waals surface area contributed by atoms with Crippen LogP contribution in [0, 0.1) is 0 Å². The first-order chi connectivity index (χ1) is 13.0.